The van der Waals surface area contributed by atoms with Crippen LogP contribution in [0.25, 0.3) is 5.65 Å². The van der Waals surface area contributed by atoms with Gasteiger partial charge >= 0.3 is 0 Å². The molecule has 0 saturated carbocycles. The van der Waals surface area contributed by atoms with Crippen LogP contribution in [0.15, 0.2) is 29.2 Å². The lowest BCUT2D eigenvalue weighted by Crippen LogP contribution is -2.21. The molecule has 0 aliphatic heterocycles. The number of hydrogen-bond acceptors (Lipinski definition) is 2. The minimum absolute atomic E-state index is 0.0996. The molecule has 2 rings (SSSR count). The minimum atomic E-state index is -0.131. The van der Waals surface area contributed by atoms with Gasteiger partial charge in [0.15, 0.2) is 0 Å². The number of fused-ring (bicyclic) bond motifs is 1. The highest BCUT2D eigenvalue weighted by Gasteiger charge is 2.17. The fraction of sp³-hybridized carbons (Fsp3) is 0.333. The molecule has 0 N–H and O–H groups in total. The van der Waals surface area contributed by atoms with E-state index in [1.54, 1.807) is 24.4 Å². The molecule has 2 aromatic rings. The molecule has 0 aliphatic rings. The molecule has 0 bridgehead atoms. The van der Waals surface area contributed by atoms with Gasteiger partial charge in [0.25, 0.3) is 5.56 Å². The van der Waals surface area contributed by atoms with Crippen LogP contribution in [-0.4, -0.2) is 9.38 Å². The van der Waals surface area contributed by atoms with Crippen LogP contribution >= 0.6 is 11.6 Å². The number of nitrogens with zero attached hydrogens (tertiary/aromatic N) is 2. The second kappa shape index (κ2) is 3.59. The minimum Gasteiger partial charge on any atom is -0.269 e. The first-order valence-electron chi connectivity index (χ1n) is 5.07. The molecule has 0 saturated heterocycles. The van der Waals surface area contributed by atoms with E-state index in [9.17, 15) is 4.79 Å². The summed E-state index contributed by atoms with van der Waals surface area (Å²) < 4.78 is 1.46. The summed E-state index contributed by atoms with van der Waals surface area (Å²) in [6.45, 7) is 6.09. The molecule has 0 aliphatic carbocycles. The van der Waals surface area contributed by atoms with Crippen molar-refractivity contribution in [2.24, 2.45) is 0 Å². The Hall–Kier alpha value is -1.35. The predicted octanol–water partition coefficient (Wildman–Crippen LogP) is 2.65. The van der Waals surface area contributed by atoms with E-state index >= 15 is 0 Å². The Balaban J connectivity index is 2.79. The van der Waals surface area contributed by atoms with E-state index in [1.807, 2.05) is 20.8 Å². The number of rotatable bonds is 0. The van der Waals surface area contributed by atoms with Gasteiger partial charge in [-0.2, -0.15) is 0 Å². The van der Waals surface area contributed by atoms with Crippen LogP contribution in [0.2, 0.25) is 5.02 Å². The van der Waals surface area contributed by atoms with E-state index in [0.29, 0.717) is 10.7 Å². The second-order valence-corrected chi connectivity index (χ2v) is 5.24. The molecule has 0 spiro atoms. The van der Waals surface area contributed by atoms with Crippen molar-refractivity contribution < 1.29 is 0 Å². The van der Waals surface area contributed by atoms with Crippen LogP contribution in [0.1, 0.15) is 26.5 Å². The third kappa shape index (κ3) is 1.95. The number of hydrogen-bond donors (Lipinski definition) is 0. The van der Waals surface area contributed by atoms with Gasteiger partial charge in [0.05, 0.1) is 10.7 Å². The molecule has 4 heteroatoms. The lowest BCUT2D eigenvalue weighted by atomic mass is 9.92. The molecule has 0 radical (unpaired) electrons. The standard InChI is InChI=1S/C12H13ClN2O/c1-12(2,3)9-6-11(16)15-7-8(13)4-5-10(15)14-9/h4-7H,1-3H3. The van der Waals surface area contributed by atoms with Gasteiger partial charge < -0.3 is 0 Å². The Morgan fingerprint density at radius 3 is 2.62 bits per heavy atom. The van der Waals surface area contributed by atoms with Gasteiger partial charge in [-0.25, -0.2) is 4.98 Å². The average Bonchev–Trinajstić information content (AvgIpc) is 2.17. The van der Waals surface area contributed by atoms with Crippen molar-refractivity contribution in [1.82, 2.24) is 9.38 Å². The van der Waals surface area contributed by atoms with Crippen LogP contribution in [-0.2, 0) is 5.41 Å². The Labute approximate surface area is 98.7 Å². The zero-order chi connectivity index (χ0) is 11.9. The first-order chi connectivity index (χ1) is 7.38. The van der Waals surface area contributed by atoms with E-state index in [4.69, 9.17) is 11.6 Å². The van der Waals surface area contributed by atoms with Crippen molar-refractivity contribution >= 4 is 17.2 Å². The summed E-state index contributed by atoms with van der Waals surface area (Å²) in [5, 5.41) is 0.528. The quantitative estimate of drug-likeness (QED) is 0.705. The van der Waals surface area contributed by atoms with Crippen molar-refractivity contribution in [3.8, 4) is 0 Å². The average molecular weight is 237 g/mol. The SMILES string of the molecule is CC(C)(C)c1cc(=O)n2cc(Cl)ccc2n1. The van der Waals surface area contributed by atoms with Crippen LogP contribution in [0.3, 0.4) is 0 Å². The summed E-state index contributed by atoms with van der Waals surface area (Å²) in [6.07, 6.45) is 1.58. The first-order valence-corrected chi connectivity index (χ1v) is 5.45. The molecule has 0 aromatic carbocycles. The van der Waals surface area contributed by atoms with Crippen LogP contribution in [0, 0.1) is 0 Å². The summed E-state index contributed by atoms with van der Waals surface area (Å²) in [5.74, 6) is 0. The normalized spacial score (nSPS) is 12.0. The maximum atomic E-state index is 11.9. The Morgan fingerprint density at radius 2 is 2.00 bits per heavy atom. The zero-order valence-electron chi connectivity index (χ0n) is 9.49. The summed E-state index contributed by atoms with van der Waals surface area (Å²) >= 11 is 5.83. The number of aromatic nitrogens is 2. The van der Waals surface area contributed by atoms with Crippen LogP contribution < -0.4 is 5.56 Å². The van der Waals surface area contributed by atoms with Crippen molar-refractivity contribution in [3.63, 3.8) is 0 Å². The topological polar surface area (TPSA) is 34.4 Å². The second-order valence-electron chi connectivity index (χ2n) is 4.81. The maximum absolute atomic E-state index is 11.9. The van der Waals surface area contributed by atoms with E-state index in [0.717, 1.165) is 5.69 Å². The molecule has 0 amide bonds. The Kier molecular flexibility index (Phi) is 2.50. The van der Waals surface area contributed by atoms with Gasteiger partial charge in [0, 0.05) is 17.7 Å². The lowest BCUT2D eigenvalue weighted by Gasteiger charge is -2.17. The van der Waals surface area contributed by atoms with Gasteiger partial charge in [-0.05, 0) is 12.1 Å². The molecular formula is C12H13ClN2O. The lowest BCUT2D eigenvalue weighted by molar-refractivity contribution is 0.567. The largest absolute Gasteiger partial charge is 0.269 e. The summed E-state index contributed by atoms with van der Waals surface area (Å²) in [7, 11) is 0. The summed E-state index contributed by atoms with van der Waals surface area (Å²) in [6, 6.07) is 5.04. The third-order valence-electron chi connectivity index (χ3n) is 2.39. The van der Waals surface area contributed by atoms with Gasteiger partial charge in [0.1, 0.15) is 5.65 Å². The molecule has 0 fully saturated rings. The smallest absolute Gasteiger partial charge is 0.258 e. The first kappa shape index (κ1) is 11.1. The molecule has 84 valence electrons. The predicted molar refractivity (Wildman–Crippen MR) is 65.2 cm³/mol. The van der Waals surface area contributed by atoms with E-state index in [-0.39, 0.29) is 11.0 Å². The zero-order valence-corrected chi connectivity index (χ0v) is 10.2. The van der Waals surface area contributed by atoms with Crippen molar-refractivity contribution in [2.75, 3.05) is 0 Å². The van der Waals surface area contributed by atoms with Crippen molar-refractivity contribution in [1.29, 1.82) is 0 Å². The van der Waals surface area contributed by atoms with Crippen molar-refractivity contribution in [3.05, 3.63) is 45.5 Å². The molecule has 16 heavy (non-hydrogen) atoms. The Bertz CT molecular complexity index is 596. The van der Waals surface area contributed by atoms with Crippen molar-refractivity contribution in [2.45, 2.75) is 26.2 Å². The third-order valence-corrected chi connectivity index (χ3v) is 2.62. The van der Waals surface area contributed by atoms with Gasteiger partial charge in [-0.15, -0.1) is 0 Å². The molecular weight excluding hydrogens is 224 g/mol. The van der Waals surface area contributed by atoms with Gasteiger partial charge in [-0.3, -0.25) is 9.20 Å². The monoisotopic (exact) mass is 236 g/mol. The number of halogens is 1. The van der Waals surface area contributed by atoms with Crippen LogP contribution in [0.4, 0.5) is 0 Å². The highest BCUT2D eigenvalue weighted by Crippen LogP contribution is 2.19. The fourth-order valence-electron chi connectivity index (χ4n) is 1.46. The van der Waals surface area contributed by atoms with E-state index in [1.165, 1.54) is 4.40 Å². The molecule has 3 nitrogen and oxygen atoms in total. The molecule has 2 aromatic heterocycles. The molecule has 2 heterocycles. The highest BCUT2D eigenvalue weighted by molar-refractivity contribution is 6.30. The molecule has 0 atom stereocenters. The van der Waals surface area contributed by atoms with E-state index in [2.05, 4.69) is 4.98 Å². The summed E-state index contributed by atoms with van der Waals surface area (Å²) in [4.78, 5) is 16.3. The van der Waals surface area contributed by atoms with Gasteiger partial charge in [-0.1, -0.05) is 32.4 Å². The molecule has 0 unspecified atom stereocenters. The highest BCUT2D eigenvalue weighted by atomic mass is 35.5. The maximum Gasteiger partial charge on any atom is 0.258 e. The summed E-state index contributed by atoms with van der Waals surface area (Å²) in [5.41, 5.74) is 1.19. The van der Waals surface area contributed by atoms with E-state index < -0.39 is 0 Å². The fourth-order valence-corrected chi connectivity index (χ4v) is 1.62. The number of pyridine rings is 1. The van der Waals surface area contributed by atoms with Crippen LogP contribution in [0.5, 0.6) is 0 Å². The van der Waals surface area contributed by atoms with Gasteiger partial charge in [0.2, 0.25) is 0 Å². The Morgan fingerprint density at radius 1 is 1.31 bits per heavy atom.